The first-order chi connectivity index (χ1) is 10.1. The van der Waals surface area contributed by atoms with Crippen molar-refractivity contribution >= 4 is 5.78 Å². The van der Waals surface area contributed by atoms with Crippen LogP contribution < -0.4 is 0 Å². The zero-order valence-electron chi connectivity index (χ0n) is 12.3. The number of carbonyl (C=O) groups is 1. The van der Waals surface area contributed by atoms with E-state index in [0.29, 0.717) is 12.2 Å². The Labute approximate surface area is 124 Å². The van der Waals surface area contributed by atoms with Crippen LogP contribution >= 0.6 is 0 Å². The average molecular weight is 286 g/mol. The minimum atomic E-state index is -0.430. The molecule has 2 aromatic rings. The zero-order chi connectivity index (χ0) is 15.2. The standard InChI is InChI=1S/C17H19FN2O/c1-13(17(21)16-9-8-15(18)10-19-16)11-20(2)12-14-6-4-3-5-7-14/h3-10,13H,11-12H2,1-2H3. The molecule has 0 aliphatic carbocycles. The minimum Gasteiger partial charge on any atom is -0.301 e. The molecule has 0 bridgehead atoms. The van der Waals surface area contributed by atoms with Gasteiger partial charge in [-0.25, -0.2) is 4.39 Å². The first kappa shape index (κ1) is 15.3. The van der Waals surface area contributed by atoms with Gasteiger partial charge in [-0.1, -0.05) is 37.3 Å². The highest BCUT2D eigenvalue weighted by Gasteiger charge is 2.18. The lowest BCUT2D eigenvalue weighted by molar-refractivity contribution is 0.0895. The fraction of sp³-hybridized carbons (Fsp3) is 0.294. The average Bonchev–Trinajstić information content (AvgIpc) is 2.48. The van der Waals surface area contributed by atoms with Crippen molar-refractivity contribution in [1.29, 1.82) is 0 Å². The van der Waals surface area contributed by atoms with E-state index in [1.807, 2.05) is 32.2 Å². The number of carbonyl (C=O) groups excluding carboxylic acids is 1. The number of Topliss-reactive ketones (excluding diaryl/α,β-unsaturated/α-hetero) is 1. The van der Waals surface area contributed by atoms with Crippen LogP contribution in [-0.4, -0.2) is 29.3 Å². The molecule has 0 saturated carbocycles. The number of benzene rings is 1. The molecule has 1 heterocycles. The van der Waals surface area contributed by atoms with Crippen molar-refractivity contribution in [3.05, 3.63) is 65.7 Å². The van der Waals surface area contributed by atoms with Gasteiger partial charge in [0.1, 0.15) is 11.5 Å². The number of rotatable bonds is 6. The molecule has 21 heavy (non-hydrogen) atoms. The van der Waals surface area contributed by atoms with E-state index in [1.165, 1.54) is 17.7 Å². The van der Waals surface area contributed by atoms with E-state index in [9.17, 15) is 9.18 Å². The van der Waals surface area contributed by atoms with Crippen molar-refractivity contribution in [2.24, 2.45) is 5.92 Å². The van der Waals surface area contributed by atoms with Gasteiger partial charge in [-0.05, 0) is 24.7 Å². The van der Waals surface area contributed by atoms with E-state index in [1.54, 1.807) is 0 Å². The van der Waals surface area contributed by atoms with E-state index < -0.39 is 5.82 Å². The summed E-state index contributed by atoms with van der Waals surface area (Å²) in [6.07, 6.45) is 1.08. The van der Waals surface area contributed by atoms with E-state index >= 15 is 0 Å². The Hall–Kier alpha value is -2.07. The zero-order valence-corrected chi connectivity index (χ0v) is 12.3. The third-order valence-corrected chi connectivity index (χ3v) is 3.31. The number of hydrogen-bond donors (Lipinski definition) is 0. The Morgan fingerprint density at radius 1 is 1.24 bits per heavy atom. The Bertz CT molecular complexity index is 583. The lowest BCUT2D eigenvalue weighted by Crippen LogP contribution is -2.28. The molecular weight excluding hydrogens is 267 g/mol. The topological polar surface area (TPSA) is 33.2 Å². The maximum Gasteiger partial charge on any atom is 0.185 e. The molecule has 1 unspecified atom stereocenters. The van der Waals surface area contributed by atoms with Gasteiger partial charge in [-0.3, -0.25) is 9.78 Å². The van der Waals surface area contributed by atoms with Crippen LogP contribution in [0.1, 0.15) is 23.0 Å². The molecule has 1 aromatic carbocycles. The van der Waals surface area contributed by atoms with Crippen LogP contribution in [0.4, 0.5) is 4.39 Å². The van der Waals surface area contributed by atoms with Gasteiger partial charge >= 0.3 is 0 Å². The molecule has 2 rings (SSSR count). The molecule has 0 fully saturated rings. The van der Waals surface area contributed by atoms with Gasteiger partial charge in [0.05, 0.1) is 6.20 Å². The Morgan fingerprint density at radius 3 is 2.57 bits per heavy atom. The largest absolute Gasteiger partial charge is 0.301 e. The van der Waals surface area contributed by atoms with Gasteiger partial charge in [0, 0.05) is 19.0 Å². The van der Waals surface area contributed by atoms with Crippen LogP contribution in [0, 0.1) is 11.7 Å². The third kappa shape index (κ3) is 4.46. The second kappa shape index (κ2) is 7.09. The molecule has 3 nitrogen and oxygen atoms in total. The van der Waals surface area contributed by atoms with Crippen LogP contribution in [0.2, 0.25) is 0 Å². The molecule has 0 N–H and O–H groups in total. The SMILES string of the molecule is CC(CN(C)Cc1ccccc1)C(=O)c1ccc(F)cn1. The Balaban J connectivity index is 1.92. The number of pyridine rings is 1. The number of hydrogen-bond acceptors (Lipinski definition) is 3. The van der Waals surface area contributed by atoms with Crippen LogP contribution in [0.3, 0.4) is 0 Å². The lowest BCUT2D eigenvalue weighted by atomic mass is 10.0. The second-order valence-corrected chi connectivity index (χ2v) is 5.31. The summed E-state index contributed by atoms with van der Waals surface area (Å²) in [5.74, 6) is -0.674. The van der Waals surface area contributed by atoms with Gasteiger partial charge < -0.3 is 4.90 Å². The molecule has 1 aromatic heterocycles. The predicted molar refractivity (Wildman–Crippen MR) is 80.5 cm³/mol. The van der Waals surface area contributed by atoms with Crippen molar-refractivity contribution < 1.29 is 9.18 Å². The second-order valence-electron chi connectivity index (χ2n) is 5.31. The predicted octanol–water partition coefficient (Wildman–Crippen LogP) is 3.17. The number of aromatic nitrogens is 1. The summed E-state index contributed by atoms with van der Waals surface area (Å²) in [5.41, 5.74) is 1.52. The highest BCUT2D eigenvalue weighted by atomic mass is 19.1. The highest BCUT2D eigenvalue weighted by molar-refractivity contribution is 5.95. The minimum absolute atomic E-state index is 0.0603. The van der Waals surface area contributed by atoms with Crippen molar-refractivity contribution in [3.63, 3.8) is 0 Å². The lowest BCUT2D eigenvalue weighted by Gasteiger charge is -2.20. The summed E-state index contributed by atoms with van der Waals surface area (Å²) in [6, 6.07) is 12.8. The number of nitrogens with zero attached hydrogens (tertiary/aromatic N) is 2. The molecule has 4 heteroatoms. The molecule has 0 radical (unpaired) electrons. The van der Waals surface area contributed by atoms with Gasteiger partial charge in [0.2, 0.25) is 0 Å². The monoisotopic (exact) mass is 286 g/mol. The Kier molecular flexibility index (Phi) is 5.17. The number of ketones is 1. The van der Waals surface area contributed by atoms with Crippen LogP contribution in [-0.2, 0) is 6.54 Å². The van der Waals surface area contributed by atoms with Crippen molar-refractivity contribution in [2.75, 3.05) is 13.6 Å². The summed E-state index contributed by atoms with van der Waals surface area (Å²) in [4.78, 5) is 18.2. The van der Waals surface area contributed by atoms with Gasteiger partial charge in [-0.15, -0.1) is 0 Å². The summed E-state index contributed by atoms with van der Waals surface area (Å²) in [5, 5.41) is 0. The summed E-state index contributed by atoms with van der Waals surface area (Å²) < 4.78 is 12.8. The van der Waals surface area contributed by atoms with Crippen molar-refractivity contribution in [3.8, 4) is 0 Å². The molecule has 0 aliphatic rings. The quantitative estimate of drug-likeness (QED) is 0.765. The highest BCUT2D eigenvalue weighted by Crippen LogP contribution is 2.10. The van der Waals surface area contributed by atoms with E-state index in [2.05, 4.69) is 22.0 Å². The van der Waals surface area contributed by atoms with E-state index in [-0.39, 0.29) is 11.7 Å². The molecule has 110 valence electrons. The number of halogens is 1. The smallest absolute Gasteiger partial charge is 0.185 e. The fourth-order valence-electron chi connectivity index (χ4n) is 2.28. The first-order valence-electron chi connectivity index (χ1n) is 6.94. The molecule has 0 saturated heterocycles. The maximum atomic E-state index is 12.8. The molecule has 0 amide bonds. The summed E-state index contributed by atoms with van der Waals surface area (Å²) in [6.45, 7) is 3.29. The third-order valence-electron chi connectivity index (χ3n) is 3.31. The fourth-order valence-corrected chi connectivity index (χ4v) is 2.28. The molecule has 1 atom stereocenters. The van der Waals surface area contributed by atoms with E-state index in [4.69, 9.17) is 0 Å². The van der Waals surface area contributed by atoms with Crippen molar-refractivity contribution in [1.82, 2.24) is 9.88 Å². The van der Waals surface area contributed by atoms with Crippen LogP contribution in [0.25, 0.3) is 0 Å². The van der Waals surface area contributed by atoms with Crippen LogP contribution in [0.15, 0.2) is 48.7 Å². The maximum absolute atomic E-state index is 12.8. The normalized spacial score (nSPS) is 12.4. The van der Waals surface area contributed by atoms with E-state index in [0.717, 1.165) is 12.7 Å². The Morgan fingerprint density at radius 2 is 1.95 bits per heavy atom. The van der Waals surface area contributed by atoms with Gasteiger partial charge in [-0.2, -0.15) is 0 Å². The summed E-state index contributed by atoms with van der Waals surface area (Å²) in [7, 11) is 1.98. The van der Waals surface area contributed by atoms with Crippen LogP contribution in [0.5, 0.6) is 0 Å². The van der Waals surface area contributed by atoms with Gasteiger partial charge in [0.15, 0.2) is 5.78 Å². The van der Waals surface area contributed by atoms with Gasteiger partial charge in [0.25, 0.3) is 0 Å². The molecule has 0 aliphatic heterocycles. The first-order valence-corrected chi connectivity index (χ1v) is 6.94. The summed E-state index contributed by atoms with van der Waals surface area (Å²) >= 11 is 0. The molecular formula is C17H19FN2O. The van der Waals surface area contributed by atoms with Crippen molar-refractivity contribution in [2.45, 2.75) is 13.5 Å². The molecule has 0 spiro atoms.